The molecule has 0 atom stereocenters. The molecule has 0 saturated heterocycles. The largest absolute Gasteiger partial charge is 0.487 e. The molecule has 1 N–H and O–H groups in total. The first kappa shape index (κ1) is 16.7. The Morgan fingerprint density at radius 2 is 2.08 bits per heavy atom. The highest BCUT2D eigenvalue weighted by Crippen LogP contribution is 2.18. The van der Waals surface area contributed by atoms with Crippen molar-refractivity contribution in [3.63, 3.8) is 0 Å². The van der Waals surface area contributed by atoms with Crippen molar-refractivity contribution in [2.24, 2.45) is 0 Å². The van der Waals surface area contributed by atoms with Gasteiger partial charge in [-0.3, -0.25) is 4.79 Å². The summed E-state index contributed by atoms with van der Waals surface area (Å²) in [5.74, 6) is 0.786. The van der Waals surface area contributed by atoms with Crippen molar-refractivity contribution in [2.75, 3.05) is 0 Å². The Morgan fingerprint density at radius 3 is 2.75 bits per heavy atom. The maximum absolute atomic E-state index is 11.9. The van der Waals surface area contributed by atoms with E-state index in [-0.39, 0.29) is 5.91 Å². The summed E-state index contributed by atoms with van der Waals surface area (Å²) in [6.07, 6.45) is 8.07. The summed E-state index contributed by atoms with van der Waals surface area (Å²) in [7, 11) is 0. The highest BCUT2D eigenvalue weighted by Gasteiger charge is 2.15. The first-order chi connectivity index (χ1) is 11.7. The van der Waals surface area contributed by atoms with E-state index >= 15 is 0 Å². The summed E-state index contributed by atoms with van der Waals surface area (Å²) in [6, 6.07) is 8.07. The standard InChI is InChI=1S/C19H22N2O2S/c1-14-20-17(13-24-14)12-23-18-9-6-15(7-10-18)8-11-19(22)21-16-4-2-3-5-16/h6-11,13,16H,2-5,12H2,1H3,(H,21,22)/b11-8+. The van der Waals surface area contributed by atoms with Crippen LogP contribution in [0.2, 0.25) is 0 Å². The predicted molar refractivity (Wildman–Crippen MR) is 97.1 cm³/mol. The lowest BCUT2D eigenvalue weighted by Gasteiger charge is -2.09. The van der Waals surface area contributed by atoms with E-state index in [2.05, 4.69) is 10.3 Å². The number of rotatable bonds is 6. The summed E-state index contributed by atoms with van der Waals surface area (Å²) in [6.45, 7) is 2.46. The van der Waals surface area contributed by atoms with Crippen molar-refractivity contribution in [2.45, 2.75) is 45.3 Å². The van der Waals surface area contributed by atoms with E-state index in [0.717, 1.165) is 34.9 Å². The zero-order valence-corrected chi connectivity index (χ0v) is 14.6. The molecule has 126 valence electrons. The number of amides is 1. The molecule has 1 fully saturated rings. The fourth-order valence-electron chi connectivity index (χ4n) is 2.80. The molecular weight excluding hydrogens is 320 g/mol. The monoisotopic (exact) mass is 342 g/mol. The number of nitrogens with one attached hydrogen (secondary N) is 1. The van der Waals surface area contributed by atoms with Gasteiger partial charge in [-0.2, -0.15) is 0 Å². The molecule has 0 radical (unpaired) electrons. The van der Waals surface area contributed by atoms with Crippen LogP contribution in [0.4, 0.5) is 0 Å². The molecule has 3 rings (SSSR count). The van der Waals surface area contributed by atoms with Gasteiger partial charge in [-0.1, -0.05) is 25.0 Å². The van der Waals surface area contributed by atoms with Gasteiger partial charge in [-0.25, -0.2) is 4.98 Å². The second-order valence-electron chi connectivity index (χ2n) is 6.04. The molecule has 1 aromatic heterocycles. The lowest BCUT2D eigenvalue weighted by atomic mass is 10.2. The van der Waals surface area contributed by atoms with Crippen LogP contribution in [0.3, 0.4) is 0 Å². The molecule has 1 aliphatic carbocycles. The van der Waals surface area contributed by atoms with Gasteiger partial charge in [-0.05, 0) is 43.5 Å². The Morgan fingerprint density at radius 1 is 1.33 bits per heavy atom. The quantitative estimate of drug-likeness (QED) is 0.804. The van der Waals surface area contributed by atoms with Gasteiger partial charge in [0, 0.05) is 17.5 Å². The highest BCUT2D eigenvalue weighted by atomic mass is 32.1. The molecule has 0 spiro atoms. The number of hydrogen-bond acceptors (Lipinski definition) is 4. The number of carbonyl (C=O) groups is 1. The van der Waals surface area contributed by atoms with Crippen LogP contribution < -0.4 is 10.1 Å². The second kappa shape index (κ2) is 8.11. The van der Waals surface area contributed by atoms with Gasteiger partial charge in [0.05, 0.1) is 10.7 Å². The van der Waals surface area contributed by atoms with E-state index in [1.54, 1.807) is 17.4 Å². The summed E-state index contributed by atoms with van der Waals surface area (Å²) < 4.78 is 5.72. The Hall–Kier alpha value is -2.14. The minimum atomic E-state index is -0.0128. The minimum absolute atomic E-state index is 0.0128. The average molecular weight is 342 g/mol. The van der Waals surface area contributed by atoms with Gasteiger partial charge >= 0.3 is 0 Å². The number of thiazole rings is 1. The maximum Gasteiger partial charge on any atom is 0.244 e. The SMILES string of the molecule is Cc1nc(COc2ccc(/C=C/C(=O)NC3CCCC3)cc2)cs1. The fraction of sp³-hybridized carbons (Fsp3) is 0.368. The fourth-order valence-corrected chi connectivity index (χ4v) is 3.40. The molecular formula is C19H22N2O2S. The molecule has 1 aliphatic rings. The zero-order valence-electron chi connectivity index (χ0n) is 13.8. The lowest BCUT2D eigenvalue weighted by Crippen LogP contribution is -2.30. The van der Waals surface area contributed by atoms with E-state index in [0.29, 0.717) is 12.6 Å². The van der Waals surface area contributed by atoms with Crippen molar-refractivity contribution in [3.05, 3.63) is 52.0 Å². The van der Waals surface area contributed by atoms with E-state index in [9.17, 15) is 4.79 Å². The van der Waals surface area contributed by atoms with Gasteiger partial charge in [0.2, 0.25) is 5.91 Å². The topological polar surface area (TPSA) is 51.2 Å². The molecule has 4 nitrogen and oxygen atoms in total. The maximum atomic E-state index is 11.9. The molecule has 24 heavy (non-hydrogen) atoms. The summed E-state index contributed by atoms with van der Waals surface area (Å²) in [4.78, 5) is 16.2. The number of aromatic nitrogens is 1. The third-order valence-electron chi connectivity index (χ3n) is 4.06. The second-order valence-corrected chi connectivity index (χ2v) is 7.10. The number of hydrogen-bond donors (Lipinski definition) is 1. The number of nitrogens with zero attached hydrogens (tertiary/aromatic N) is 1. The van der Waals surface area contributed by atoms with Crippen LogP contribution in [0.25, 0.3) is 6.08 Å². The average Bonchev–Trinajstić information content (AvgIpc) is 3.24. The first-order valence-corrected chi connectivity index (χ1v) is 9.19. The Labute approximate surface area is 146 Å². The zero-order chi connectivity index (χ0) is 16.8. The van der Waals surface area contributed by atoms with Gasteiger partial charge < -0.3 is 10.1 Å². The van der Waals surface area contributed by atoms with E-state index in [1.165, 1.54) is 12.8 Å². The number of benzene rings is 1. The molecule has 1 aromatic carbocycles. The molecule has 5 heteroatoms. The first-order valence-electron chi connectivity index (χ1n) is 8.31. The Kier molecular flexibility index (Phi) is 5.64. The van der Waals surface area contributed by atoms with Crippen LogP contribution in [-0.4, -0.2) is 16.9 Å². The van der Waals surface area contributed by atoms with Crippen LogP contribution in [0.1, 0.15) is 41.9 Å². The number of ether oxygens (including phenoxy) is 1. The van der Waals surface area contributed by atoms with Gasteiger partial charge in [-0.15, -0.1) is 11.3 Å². The summed E-state index contributed by atoms with van der Waals surface area (Å²) in [5, 5.41) is 6.10. The Bertz CT molecular complexity index is 700. The molecule has 1 amide bonds. The van der Waals surface area contributed by atoms with Gasteiger partial charge in [0.1, 0.15) is 12.4 Å². The summed E-state index contributed by atoms with van der Waals surface area (Å²) in [5.41, 5.74) is 1.93. The number of aryl methyl sites for hydroxylation is 1. The van der Waals surface area contributed by atoms with Gasteiger partial charge in [0.25, 0.3) is 0 Å². The molecule has 0 bridgehead atoms. The molecule has 2 aromatic rings. The van der Waals surface area contributed by atoms with Crippen LogP contribution in [0.15, 0.2) is 35.7 Å². The normalized spacial score (nSPS) is 15.0. The predicted octanol–water partition coefficient (Wildman–Crippen LogP) is 4.10. The molecule has 1 saturated carbocycles. The van der Waals surface area contributed by atoms with Crippen LogP contribution in [-0.2, 0) is 11.4 Å². The third kappa shape index (κ3) is 4.93. The molecule has 0 unspecified atom stereocenters. The van der Waals surface area contributed by atoms with Crippen LogP contribution in [0.5, 0.6) is 5.75 Å². The van der Waals surface area contributed by atoms with E-state index in [1.807, 2.05) is 42.6 Å². The lowest BCUT2D eigenvalue weighted by molar-refractivity contribution is -0.117. The van der Waals surface area contributed by atoms with Gasteiger partial charge in [0.15, 0.2) is 0 Å². The van der Waals surface area contributed by atoms with Crippen molar-refractivity contribution in [1.29, 1.82) is 0 Å². The van der Waals surface area contributed by atoms with Crippen molar-refractivity contribution in [3.8, 4) is 5.75 Å². The molecule has 1 heterocycles. The smallest absolute Gasteiger partial charge is 0.244 e. The Balaban J connectivity index is 1.48. The molecule has 0 aliphatic heterocycles. The summed E-state index contributed by atoms with van der Waals surface area (Å²) >= 11 is 1.62. The van der Waals surface area contributed by atoms with Crippen molar-refractivity contribution in [1.82, 2.24) is 10.3 Å². The van der Waals surface area contributed by atoms with Crippen LogP contribution in [0, 0.1) is 6.92 Å². The van der Waals surface area contributed by atoms with E-state index < -0.39 is 0 Å². The third-order valence-corrected chi connectivity index (χ3v) is 4.88. The van der Waals surface area contributed by atoms with E-state index in [4.69, 9.17) is 4.74 Å². The van der Waals surface area contributed by atoms with Crippen molar-refractivity contribution < 1.29 is 9.53 Å². The number of carbonyl (C=O) groups excluding carboxylic acids is 1. The van der Waals surface area contributed by atoms with Crippen LogP contribution >= 0.6 is 11.3 Å². The van der Waals surface area contributed by atoms with Crippen molar-refractivity contribution >= 4 is 23.3 Å². The minimum Gasteiger partial charge on any atom is -0.487 e. The highest BCUT2D eigenvalue weighted by molar-refractivity contribution is 7.09.